The zero-order valence-electron chi connectivity index (χ0n) is 16.4. The van der Waals surface area contributed by atoms with Gasteiger partial charge in [-0.25, -0.2) is 0 Å². The molecule has 0 spiro atoms. The Morgan fingerprint density at radius 2 is 1.90 bits per heavy atom. The molecule has 30 heavy (non-hydrogen) atoms. The van der Waals surface area contributed by atoms with E-state index in [2.05, 4.69) is 15.7 Å². The van der Waals surface area contributed by atoms with Crippen molar-refractivity contribution in [1.82, 2.24) is 15.1 Å². The maximum atomic E-state index is 13.0. The molecule has 1 aliphatic rings. The third-order valence-corrected chi connectivity index (χ3v) is 5.30. The lowest BCUT2D eigenvalue weighted by molar-refractivity contribution is -0.117. The maximum Gasteiger partial charge on any atom is 0.276 e. The van der Waals surface area contributed by atoms with Crippen molar-refractivity contribution in [2.45, 2.75) is 32.9 Å². The number of halogens is 1. The first-order valence-corrected chi connectivity index (χ1v) is 10.2. The quantitative estimate of drug-likeness (QED) is 0.634. The summed E-state index contributed by atoms with van der Waals surface area (Å²) in [5.41, 5.74) is 1.36. The molecule has 1 saturated carbocycles. The number of aryl methyl sites for hydroxylation is 1. The van der Waals surface area contributed by atoms with Crippen LogP contribution in [0.3, 0.4) is 0 Å². The van der Waals surface area contributed by atoms with E-state index in [-0.39, 0.29) is 24.1 Å². The molecule has 2 N–H and O–H groups in total. The van der Waals surface area contributed by atoms with Crippen molar-refractivity contribution in [3.05, 3.63) is 69.0 Å². The van der Waals surface area contributed by atoms with E-state index in [1.54, 1.807) is 47.1 Å². The Bertz CT molecular complexity index is 1180. The number of nitrogens with one attached hydrogen (secondary N) is 2. The summed E-state index contributed by atoms with van der Waals surface area (Å²) < 4.78 is 1.61. The fourth-order valence-corrected chi connectivity index (χ4v) is 3.34. The van der Waals surface area contributed by atoms with Gasteiger partial charge in [-0.15, -0.1) is 0 Å². The Balaban J connectivity index is 1.63. The predicted molar refractivity (Wildman–Crippen MR) is 116 cm³/mol. The Hall–Kier alpha value is -3.19. The second-order valence-corrected chi connectivity index (χ2v) is 7.73. The van der Waals surface area contributed by atoms with E-state index in [1.807, 2.05) is 6.92 Å². The molecule has 8 heteroatoms. The van der Waals surface area contributed by atoms with Crippen LogP contribution >= 0.6 is 11.6 Å². The van der Waals surface area contributed by atoms with Gasteiger partial charge in [-0.2, -0.15) is 5.10 Å². The van der Waals surface area contributed by atoms with Gasteiger partial charge in [-0.3, -0.25) is 19.1 Å². The van der Waals surface area contributed by atoms with Crippen LogP contribution in [-0.2, 0) is 17.9 Å². The summed E-state index contributed by atoms with van der Waals surface area (Å²) in [6.45, 7) is 2.62. The van der Waals surface area contributed by atoms with E-state index in [0.29, 0.717) is 28.2 Å². The Morgan fingerprint density at radius 3 is 2.57 bits per heavy atom. The van der Waals surface area contributed by atoms with Gasteiger partial charge in [0.05, 0.1) is 10.9 Å². The topological polar surface area (TPSA) is 93.1 Å². The zero-order valence-corrected chi connectivity index (χ0v) is 17.2. The van der Waals surface area contributed by atoms with Crippen molar-refractivity contribution >= 4 is 40.0 Å². The fourth-order valence-electron chi connectivity index (χ4n) is 3.22. The Labute approximate surface area is 178 Å². The van der Waals surface area contributed by atoms with Gasteiger partial charge in [0.1, 0.15) is 0 Å². The standard InChI is InChI=1S/C22H21ClN4O3/c1-2-27-18-10-9-16(25-21(29)14-5-6-14)11-17(18)20(28)19(26-27)22(30)24-12-13-3-7-15(23)8-4-13/h3-4,7-11,14H,2,5-6,12H2,1H3,(H,24,30)(H,25,29). The normalized spacial score (nSPS) is 13.3. The number of carbonyl (C=O) groups excluding carboxylic acids is 2. The Morgan fingerprint density at radius 1 is 1.17 bits per heavy atom. The highest BCUT2D eigenvalue weighted by Gasteiger charge is 2.29. The van der Waals surface area contributed by atoms with Crippen LogP contribution in [0.2, 0.25) is 5.02 Å². The number of nitrogens with zero attached hydrogens (tertiary/aromatic N) is 2. The molecule has 154 valence electrons. The molecule has 2 amide bonds. The summed E-state index contributed by atoms with van der Waals surface area (Å²) in [6, 6.07) is 12.2. The summed E-state index contributed by atoms with van der Waals surface area (Å²) in [5.74, 6) is -0.536. The monoisotopic (exact) mass is 424 g/mol. The van der Waals surface area contributed by atoms with Gasteiger partial charge in [-0.05, 0) is 55.7 Å². The predicted octanol–water partition coefficient (Wildman–Crippen LogP) is 3.35. The van der Waals surface area contributed by atoms with Crippen molar-refractivity contribution in [2.24, 2.45) is 5.92 Å². The smallest absolute Gasteiger partial charge is 0.276 e. The molecule has 0 unspecified atom stereocenters. The van der Waals surface area contributed by atoms with Gasteiger partial charge < -0.3 is 10.6 Å². The lowest BCUT2D eigenvalue weighted by atomic mass is 10.1. The number of hydrogen-bond acceptors (Lipinski definition) is 4. The summed E-state index contributed by atoms with van der Waals surface area (Å²) in [6.07, 6.45) is 1.79. The minimum atomic E-state index is -0.550. The van der Waals surface area contributed by atoms with Gasteiger partial charge in [-0.1, -0.05) is 23.7 Å². The van der Waals surface area contributed by atoms with E-state index in [0.717, 1.165) is 18.4 Å². The zero-order chi connectivity index (χ0) is 21.3. The lowest BCUT2D eigenvalue weighted by Crippen LogP contribution is -2.31. The fraction of sp³-hybridized carbons (Fsp3) is 0.273. The number of anilines is 1. The summed E-state index contributed by atoms with van der Waals surface area (Å²) in [5, 5.41) is 10.8. The van der Waals surface area contributed by atoms with E-state index in [9.17, 15) is 14.4 Å². The molecular formula is C22H21ClN4O3. The summed E-state index contributed by atoms with van der Waals surface area (Å²) >= 11 is 5.88. The Kier molecular flexibility index (Phi) is 5.55. The third-order valence-electron chi connectivity index (χ3n) is 5.05. The molecule has 1 aromatic heterocycles. The van der Waals surface area contributed by atoms with E-state index < -0.39 is 11.3 Å². The van der Waals surface area contributed by atoms with Gasteiger partial charge in [0.25, 0.3) is 5.91 Å². The minimum Gasteiger partial charge on any atom is -0.346 e. The van der Waals surface area contributed by atoms with Crippen LogP contribution in [0, 0.1) is 5.92 Å². The van der Waals surface area contributed by atoms with E-state index in [4.69, 9.17) is 11.6 Å². The van der Waals surface area contributed by atoms with E-state index in [1.165, 1.54) is 0 Å². The number of carbonyl (C=O) groups is 2. The molecule has 0 radical (unpaired) electrons. The average Bonchev–Trinajstić information content (AvgIpc) is 3.59. The molecule has 3 aromatic rings. The van der Waals surface area contributed by atoms with Gasteiger partial charge in [0.2, 0.25) is 11.3 Å². The highest BCUT2D eigenvalue weighted by Crippen LogP contribution is 2.30. The van der Waals surface area contributed by atoms with Gasteiger partial charge in [0.15, 0.2) is 5.69 Å². The molecule has 1 fully saturated rings. The molecule has 1 aliphatic carbocycles. The van der Waals surface area contributed by atoms with Crippen LogP contribution in [-0.4, -0.2) is 21.6 Å². The maximum absolute atomic E-state index is 13.0. The summed E-state index contributed by atoms with van der Waals surface area (Å²) in [4.78, 5) is 37.8. The largest absolute Gasteiger partial charge is 0.346 e. The van der Waals surface area contributed by atoms with Crippen LogP contribution in [0.25, 0.3) is 10.9 Å². The molecule has 7 nitrogen and oxygen atoms in total. The van der Waals surface area contributed by atoms with Crippen molar-refractivity contribution in [3.63, 3.8) is 0 Å². The third kappa shape index (κ3) is 4.21. The molecule has 2 aromatic carbocycles. The van der Waals surface area contributed by atoms with Crippen molar-refractivity contribution in [2.75, 3.05) is 5.32 Å². The van der Waals surface area contributed by atoms with Crippen LogP contribution in [0.5, 0.6) is 0 Å². The molecule has 0 saturated heterocycles. The summed E-state index contributed by atoms with van der Waals surface area (Å²) in [7, 11) is 0. The second kappa shape index (κ2) is 8.28. The molecule has 0 bridgehead atoms. The minimum absolute atomic E-state index is 0.0415. The number of rotatable bonds is 6. The molecule has 4 rings (SSSR count). The number of fused-ring (bicyclic) bond motifs is 1. The van der Waals surface area contributed by atoms with Gasteiger partial charge in [0, 0.05) is 29.7 Å². The van der Waals surface area contributed by atoms with Crippen LogP contribution in [0.4, 0.5) is 5.69 Å². The first-order chi connectivity index (χ1) is 14.5. The average molecular weight is 425 g/mol. The number of benzene rings is 2. The molecule has 0 atom stereocenters. The first kappa shape index (κ1) is 20.1. The number of aromatic nitrogens is 2. The SMILES string of the molecule is CCn1nc(C(=O)NCc2ccc(Cl)cc2)c(=O)c2cc(NC(=O)C3CC3)ccc21. The molecule has 1 heterocycles. The van der Waals surface area contributed by atoms with Crippen molar-refractivity contribution in [1.29, 1.82) is 0 Å². The van der Waals surface area contributed by atoms with Crippen molar-refractivity contribution < 1.29 is 9.59 Å². The number of amides is 2. The van der Waals surface area contributed by atoms with Crippen LogP contribution in [0.1, 0.15) is 35.8 Å². The second-order valence-electron chi connectivity index (χ2n) is 7.30. The molecular weight excluding hydrogens is 404 g/mol. The van der Waals surface area contributed by atoms with Crippen LogP contribution < -0.4 is 16.1 Å². The van der Waals surface area contributed by atoms with Crippen molar-refractivity contribution in [3.8, 4) is 0 Å². The van der Waals surface area contributed by atoms with Crippen LogP contribution in [0.15, 0.2) is 47.3 Å². The highest BCUT2D eigenvalue weighted by atomic mass is 35.5. The highest BCUT2D eigenvalue weighted by molar-refractivity contribution is 6.30. The van der Waals surface area contributed by atoms with Gasteiger partial charge >= 0.3 is 0 Å². The first-order valence-electron chi connectivity index (χ1n) is 9.84. The lowest BCUT2D eigenvalue weighted by Gasteiger charge is -2.12. The number of hydrogen-bond donors (Lipinski definition) is 2. The van der Waals surface area contributed by atoms with E-state index >= 15 is 0 Å². The molecule has 0 aliphatic heterocycles.